The molecule has 31 nitrogen and oxygen atoms in total. The maximum atomic E-state index is 14.8. The zero-order valence-electron chi connectivity index (χ0n) is 61.8. The van der Waals surface area contributed by atoms with E-state index in [1.165, 1.54) is 6.92 Å². The van der Waals surface area contributed by atoms with E-state index in [1.54, 1.807) is 134 Å². The SMILES string of the molecule is CC[C@H](C)[C@H](NC(=O)[C@@H](CCCN=C(N)NS(=O)(=O)c1c(C)c(C)c2c(c1C)CCC(C)(C)O2)NC(=O)[C@H](CC(C)C)NC(=O)[C@@H](NC(=O)OC(C)(C)C)[C@H](O)C(C)C)C(=O)N[C@H](C(=O)NCC(=O)N[C@@H](CCCNC(=O)OCc1ccccc1)C(=O)N[C@@H](COC(C)(C)C)C(=O)O)[C@H](C)O. The lowest BCUT2D eigenvalue weighted by molar-refractivity contribution is -0.145. The summed E-state index contributed by atoms with van der Waals surface area (Å²) in [5.41, 5.74) is 7.06. The molecule has 1 heterocycles. The highest BCUT2D eigenvalue weighted by atomic mass is 32.2. The summed E-state index contributed by atoms with van der Waals surface area (Å²) in [6.07, 6.45) is -3.97. The number of aliphatic hydroxyl groups is 2. The number of guanidine groups is 1. The average molecular weight is 1450 g/mol. The first-order valence-corrected chi connectivity index (χ1v) is 35.7. The lowest BCUT2D eigenvalue weighted by atomic mass is 9.88. The van der Waals surface area contributed by atoms with E-state index in [2.05, 4.69) is 57.6 Å². The van der Waals surface area contributed by atoms with Gasteiger partial charge in [0.05, 0.1) is 35.9 Å². The molecule has 568 valence electrons. The number of aliphatic hydroxyl groups excluding tert-OH is 2. The van der Waals surface area contributed by atoms with Crippen LogP contribution < -0.4 is 63.0 Å². The second-order valence-electron chi connectivity index (χ2n) is 28.9. The van der Waals surface area contributed by atoms with E-state index in [1.807, 2.05) is 13.8 Å². The molecule has 1 aliphatic heterocycles. The van der Waals surface area contributed by atoms with Crippen LogP contribution in [0.4, 0.5) is 9.59 Å². The van der Waals surface area contributed by atoms with Crippen molar-refractivity contribution in [1.29, 1.82) is 0 Å². The van der Waals surface area contributed by atoms with Crippen molar-refractivity contribution in [1.82, 2.24) is 52.6 Å². The Hall–Kier alpha value is -8.36. The van der Waals surface area contributed by atoms with Gasteiger partial charge in [-0.25, -0.2) is 27.5 Å². The zero-order chi connectivity index (χ0) is 76.7. The number of aliphatic imine (C=N–C) groups is 1. The largest absolute Gasteiger partial charge is 0.487 e. The van der Waals surface area contributed by atoms with Crippen molar-refractivity contribution < 1.29 is 90.6 Å². The van der Waals surface area contributed by atoms with Gasteiger partial charge in [-0.2, -0.15) is 0 Å². The minimum atomic E-state index is -4.34. The molecule has 0 bridgehead atoms. The zero-order valence-corrected chi connectivity index (χ0v) is 62.6. The molecule has 0 aromatic heterocycles. The normalized spacial score (nSPS) is 16.1. The number of nitrogens with zero attached hydrogens (tertiary/aromatic N) is 1. The number of carboxylic acid groups (broad SMARTS) is 1. The van der Waals surface area contributed by atoms with E-state index in [-0.39, 0.29) is 69.0 Å². The summed E-state index contributed by atoms with van der Waals surface area (Å²) in [7, 11) is -4.34. The molecule has 0 aliphatic carbocycles. The van der Waals surface area contributed by atoms with Gasteiger partial charge < -0.3 is 87.9 Å². The van der Waals surface area contributed by atoms with Crippen molar-refractivity contribution >= 4 is 75.5 Å². The van der Waals surface area contributed by atoms with Crippen molar-refractivity contribution in [3.63, 3.8) is 0 Å². The molecular weight excluding hydrogens is 1330 g/mol. The van der Waals surface area contributed by atoms with Crippen molar-refractivity contribution in [2.75, 3.05) is 26.2 Å². The Bertz CT molecular complexity index is 3330. The number of nitrogens with one attached hydrogen (secondary N) is 10. The van der Waals surface area contributed by atoms with Gasteiger partial charge in [-0.15, -0.1) is 0 Å². The molecule has 2 aromatic rings. The molecule has 1 aliphatic rings. The minimum Gasteiger partial charge on any atom is -0.487 e. The van der Waals surface area contributed by atoms with Crippen LogP contribution in [-0.2, 0) is 75.6 Å². The van der Waals surface area contributed by atoms with Crippen LogP contribution in [0.3, 0.4) is 0 Å². The van der Waals surface area contributed by atoms with Crippen LogP contribution in [0.15, 0.2) is 40.2 Å². The minimum absolute atomic E-state index is 0.00987. The number of alkyl carbamates (subject to hydrolysis) is 2. The third-order valence-corrected chi connectivity index (χ3v) is 18.1. The molecule has 0 unspecified atom stereocenters. The average Bonchev–Trinajstić information content (AvgIpc) is 0.746. The third-order valence-electron chi connectivity index (χ3n) is 16.4. The van der Waals surface area contributed by atoms with Crippen LogP contribution in [0.2, 0.25) is 0 Å². The predicted octanol–water partition coefficient (Wildman–Crippen LogP) is 3.10. The van der Waals surface area contributed by atoms with Crippen LogP contribution in [0.1, 0.15) is 177 Å². The molecule has 2 aromatic carbocycles. The molecule has 0 saturated heterocycles. The van der Waals surface area contributed by atoms with Gasteiger partial charge >= 0.3 is 18.2 Å². The van der Waals surface area contributed by atoms with Gasteiger partial charge in [-0.1, -0.05) is 78.3 Å². The Morgan fingerprint density at radius 3 is 1.81 bits per heavy atom. The van der Waals surface area contributed by atoms with Crippen LogP contribution in [0, 0.1) is 38.5 Å². The van der Waals surface area contributed by atoms with E-state index in [0.29, 0.717) is 35.3 Å². The highest BCUT2D eigenvalue weighted by Crippen LogP contribution is 2.42. The maximum Gasteiger partial charge on any atom is 0.408 e. The van der Waals surface area contributed by atoms with Crippen molar-refractivity contribution in [2.24, 2.45) is 28.5 Å². The van der Waals surface area contributed by atoms with Gasteiger partial charge in [-0.05, 0) is 174 Å². The first kappa shape index (κ1) is 86.9. The number of hydrogen-bond acceptors (Lipinski definition) is 19. The molecule has 0 spiro atoms. The first-order valence-electron chi connectivity index (χ1n) is 34.2. The summed E-state index contributed by atoms with van der Waals surface area (Å²) in [5, 5.41) is 54.6. The number of aliphatic carboxylic acids is 1. The molecule has 0 saturated carbocycles. The van der Waals surface area contributed by atoms with Crippen LogP contribution in [0.25, 0.3) is 0 Å². The van der Waals surface area contributed by atoms with Crippen LogP contribution >= 0.6 is 0 Å². The van der Waals surface area contributed by atoms with Crippen LogP contribution in [-0.4, -0.2) is 187 Å². The molecule has 9 amide bonds. The van der Waals surface area contributed by atoms with Gasteiger partial charge in [-0.3, -0.25) is 38.6 Å². The predicted molar refractivity (Wildman–Crippen MR) is 376 cm³/mol. The molecule has 0 radical (unpaired) electrons. The molecule has 0 fully saturated rings. The lowest BCUT2D eigenvalue weighted by Gasteiger charge is -2.35. The summed E-state index contributed by atoms with van der Waals surface area (Å²) >= 11 is 0. The molecule has 15 N–H and O–H groups in total. The van der Waals surface area contributed by atoms with Gasteiger partial charge in [0.2, 0.25) is 47.3 Å². The van der Waals surface area contributed by atoms with Gasteiger partial charge in [0, 0.05) is 13.1 Å². The second-order valence-corrected chi connectivity index (χ2v) is 30.5. The Morgan fingerprint density at radius 2 is 1.24 bits per heavy atom. The fraction of sp³-hybridized carbons (Fsp3) is 0.667. The summed E-state index contributed by atoms with van der Waals surface area (Å²) in [4.78, 5) is 141. The molecule has 32 heteroatoms. The van der Waals surface area contributed by atoms with E-state index in [4.69, 9.17) is 24.7 Å². The molecular formula is C69H112N12O19S. The number of benzene rings is 2. The van der Waals surface area contributed by atoms with Gasteiger partial charge in [0.1, 0.15) is 59.8 Å². The van der Waals surface area contributed by atoms with Gasteiger partial charge in [0.25, 0.3) is 10.0 Å². The van der Waals surface area contributed by atoms with E-state index >= 15 is 0 Å². The van der Waals surface area contributed by atoms with E-state index in [9.17, 15) is 71.7 Å². The smallest absolute Gasteiger partial charge is 0.408 e. The number of carboxylic acids is 1. The van der Waals surface area contributed by atoms with E-state index in [0.717, 1.165) is 11.1 Å². The third kappa shape index (κ3) is 29.3. The molecule has 101 heavy (non-hydrogen) atoms. The Kier molecular flexibility index (Phi) is 33.7. The quantitative estimate of drug-likeness (QED) is 0.0262. The molecule has 10 atom stereocenters. The topological polar surface area (TPSA) is 461 Å². The molecule has 3 rings (SSSR count). The number of hydrogen-bond donors (Lipinski definition) is 14. The van der Waals surface area contributed by atoms with Crippen molar-refractivity contribution in [3.8, 4) is 5.75 Å². The number of rotatable bonds is 37. The number of sulfonamides is 1. The van der Waals surface area contributed by atoms with E-state index < -0.39 is 172 Å². The monoisotopic (exact) mass is 1440 g/mol. The van der Waals surface area contributed by atoms with Gasteiger partial charge in [0.15, 0.2) is 6.04 Å². The summed E-state index contributed by atoms with van der Waals surface area (Å²) in [6, 6.07) is -2.04. The second kappa shape index (κ2) is 39.2. The Balaban J connectivity index is 1.95. The number of carbonyl (C=O) groups excluding carboxylic acids is 9. The summed E-state index contributed by atoms with van der Waals surface area (Å²) in [6.45, 7) is 28.5. The maximum absolute atomic E-state index is 14.8. The Labute approximate surface area is 593 Å². The fourth-order valence-electron chi connectivity index (χ4n) is 10.5. The highest BCUT2D eigenvalue weighted by Gasteiger charge is 2.39. The number of fused-ring (bicyclic) bond motifs is 1. The number of carbonyl (C=O) groups is 10. The van der Waals surface area contributed by atoms with Crippen molar-refractivity contribution in [3.05, 3.63) is 58.1 Å². The summed E-state index contributed by atoms with van der Waals surface area (Å²) in [5.74, 6) is -9.76. The standard InChI is InChI=1S/C69H112N12O19S/c1-19-39(6)51(61(89)79-52(43(10)82)60(88)73-34-50(83)74-46(57(85)77-49(63(91)92)36-98-67(11,12)13)27-24-32-72-65(93)97-35-44-25-21-20-22-26-44)78-58(86)47(75-59(87)48(33-37(2)3)76-62(90)53(54(84)38(4)5)80-66(94)100-68(14,15)16)28-23-31-71-64(70)81-101(95,96)56-41(8)40(7)55-45(42(56)9)29-30-69(17,18)99-55/h20-22,25-26,37-39,43,46-49,51-54,82,84H,19,23-24,27-36H2,1-18H3,(H,72,93)(H,73,88)(H,74,83)(H,75,87)(H,76,90)(H,77,85)(H,78,86)(H,79,89)(H,80,94)(H,91,92)(H3,70,71,81)/t39-,43-,46-,47+,48-,49-,51-,52-,53-,54+/m0/s1. The van der Waals surface area contributed by atoms with Crippen molar-refractivity contribution in [2.45, 2.75) is 259 Å². The number of ether oxygens (including phenoxy) is 4. The lowest BCUT2D eigenvalue weighted by Crippen LogP contribution is -2.62. The number of nitrogens with two attached hydrogens (primary N) is 1. The highest BCUT2D eigenvalue weighted by molar-refractivity contribution is 7.90. The fourth-order valence-corrected chi connectivity index (χ4v) is 12.1. The van der Waals surface area contributed by atoms with Crippen LogP contribution in [0.5, 0.6) is 5.75 Å². The first-order chi connectivity index (χ1) is 46.8. The Morgan fingerprint density at radius 1 is 0.673 bits per heavy atom. The number of amides is 9. The summed E-state index contributed by atoms with van der Waals surface area (Å²) < 4.78 is 53.0.